The quantitative estimate of drug-likeness (QED) is 0.277. The number of allylic oxidation sites excluding steroid dienone is 2. The highest BCUT2D eigenvalue weighted by atomic mass is 32.1. The van der Waals surface area contributed by atoms with Crippen molar-refractivity contribution in [2.75, 3.05) is 0 Å². The molecular formula is C25H28S2. The molecule has 2 aromatic carbocycles. The zero-order valence-corrected chi connectivity index (χ0v) is 18.2. The van der Waals surface area contributed by atoms with Gasteiger partial charge in [0.15, 0.2) is 0 Å². The fraction of sp³-hybridized carbons (Fsp3) is 0.120. The van der Waals surface area contributed by atoms with Gasteiger partial charge in [-0.1, -0.05) is 57.4 Å². The summed E-state index contributed by atoms with van der Waals surface area (Å²) in [6.45, 7) is 20.0. The maximum atomic E-state index is 4.27. The summed E-state index contributed by atoms with van der Waals surface area (Å²) in [7, 11) is 0. The third kappa shape index (κ3) is 6.13. The second-order valence-electron chi connectivity index (χ2n) is 5.55. The summed E-state index contributed by atoms with van der Waals surface area (Å²) in [6.07, 6.45) is 4.12. The summed E-state index contributed by atoms with van der Waals surface area (Å²) >= 11 is 6.04. The molecular weight excluding hydrogens is 364 g/mol. The number of hydrogen-bond acceptors (Lipinski definition) is 2. The second kappa shape index (κ2) is 11.4. The maximum Gasteiger partial charge on any atom is 0.0342 e. The van der Waals surface area contributed by atoms with Crippen LogP contribution >= 0.6 is 24.0 Å². The molecule has 0 saturated heterocycles. The molecule has 3 aromatic rings. The summed E-state index contributed by atoms with van der Waals surface area (Å²) in [5.41, 5.74) is 2.31. The van der Waals surface area contributed by atoms with Gasteiger partial charge < -0.3 is 0 Å². The normalized spacial score (nSPS) is 11.3. The van der Waals surface area contributed by atoms with Gasteiger partial charge >= 0.3 is 0 Å². The summed E-state index contributed by atoms with van der Waals surface area (Å²) in [6, 6.07) is 15.1. The third-order valence-corrected chi connectivity index (χ3v) is 5.14. The molecule has 2 heteroatoms. The number of fused-ring (bicyclic) bond motifs is 1. The molecule has 0 amide bonds. The topological polar surface area (TPSA) is 0 Å². The number of hydrogen-bond donors (Lipinski definition) is 1. The van der Waals surface area contributed by atoms with E-state index in [9.17, 15) is 0 Å². The van der Waals surface area contributed by atoms with Gasteiger partial charge in [0.1, 0.15) is 0 Å². The molecule has 140 valence electrons. The third-order valence-electron chi connectivity index (χ3n) is 3.87. The minimum Gasteiger partial charge on any atom is -0.144 e. The van der Waals surface area contributed by atoms with E-state index in [4.69, 9.17) is 0 Å². The van der Waals surface area contributed by atoms with Crippen molar-refractivity contribution in [1.82, 2.24) is 0 Å². The van der Waals surface area contributed by atoms with Gasteiger partial charge in [-0.2, -0.15) is 0 Å². The van der Waals surface area contributed by atoms with Crippen LogP contribution in [0.25, 0.3) is 33.9 Å². The van der Waals surface area contributed by atoms with Gasteiger partial charge in [0.05, 0.1) is 0 Å². The van der Waals surface area contributed by atoms with Crippen LogP contribution < -0.4 is 10.4 Å². The van der Waals surface area contributed by atoms with E-state index >= 15 is 0 Å². The molecule has 0 aliphatic rings. The van der Waals surface area contributed by atoms with Crippen molar-refractivity contribution in [2.45, 2.75) is 20.8 Å². The molecule has 27 heavy (non-hydrogen) atoms. The molecule has 0 fully saturated rings. The van der Waals surface area contributed by atoms with E-state index in [1.807, 2.05) is 26.8 Å². The average molecular weight is 393 g/mol. The van der Waals surface area contributed by atoms with Crippen molar-refractivity contribution >= 4 is 47.4 Å². The molecule has 1 aromatic heterocycles. The van der Waals surface area contributed by atoms with Gasteiger partial charge in [-0.15, -0.1) is 37.1 Å². The molecule has 0 radical (unpaired) electrons. The molecule has 0 nitrogen and oxygen atoms in total. The first-order valence-corrected chi connectivity index (χ1v) is 10.2. The van der Waals surface area contributed by atoms with E-state index in [2.05, 4.69) is 92.9 Å². The SMILES string of the molecule is C=C.C=C(S)/C(C)=C/C=c1/cc2cc(-c3cccs3)ccc2cc1=C.CC. The molecule has 0 aliphatic carbocycles. The Morgan fingerprint density at radius 3 is 2.33 bits per heavy atom. The highest BCUT2D eigenvalue weighted by molar-refractivity contribution is 7.84. The number of thiophene rings is 1. The fourth-order valence-corrected chi connectivity index (χ4v) is 3.22. The van der Waals surface area contributed by atoms with Crippen LogP contribution in [0.1, 0.15) is 20.8 Å². The summed E-state index contributed by atoms with van der Waals surface area (Å²) < 4.78 is 0. The predicted molar refractivity (Wildman–Crippen MR) is 131 cm³/mol. The standard InChI is InChI=1S/C21H18S2.C2H6.C2H4/c1-14(16(3)22)6-7-17-12-20-13-19(21-5-4-10-23-21)9-8-18(20)11-15(17)2;2*1-2/h4-13,22H,2-3H2,1H3;1-2H3;1-2H2/b14-6+,17-7-;;. The zero-order chi connectivity index (χ0) is 20.4. The molecule has 0 saturated carbocycles. The van der Waals surface area contributed by atoms with Crippen LogP contribution in [0.2, 0.25) is 0 Å². The highest BCUT2D eigenvalue weighted by Gasteiger charge is 2.01. The van der Waals surface area contributed by atoms with Crippen LogP contribution in [0.15, 0.2) is 84.1 Å². The number of rotatable bonds is 3. The molecule has 3 rings (SSSR count). The Morgan fingerprint density at radius 2 is 1.74 bits per heavy atom. The van der Waals surface area contributed by atoms with Crippen molar-refractivity contribution in [3.8, 4) is 10.4 Å². The Bertz CT molecular complexity index is 1020. The number of thiol groups is 1. The highest BCUT2D eigenvalue weighted by Crippen LogP contribution is 2.27. The predicted octanol–water partition coefficient (Wildman–Crippen LogP) is 6.98. The maximum absolute atomic E-state index is 4.27. The van der Waals surface area contributed by atoms with Crippen molar-refractivity contribution in [1.29, 1.82) is 0 Å². The Hall–Kier alpha value is -2.29. The van der Waals surface area contributed by atoms with E-state index in [1.54, 1.807) is 11.3 Å². The van der Waals surface area contributed by atoms with Gasteiger partial charge in [0.25, 0.3) is 0 Å². The van der Waals surface area contributed by atoms with Gasteiger partial charge in [-0.05, 0) is 73.8 Å². The molecule has 0 N–H and O–H groups in total. The minimum absolute atomic E-state index is 0.785. The molecule has 0 atom stereocenters. The largest absolute Gasteiger partial charge is 0.144 e. The lowest BCUT2D eigenvalue weighted by atomic mass is 10.0. The van der Waals surface area contributed by atoms with E-state index in [-0.39, 0.29) is 0 Å². The molecule has 0 spiro atoms. The van der Waals surface area contributed by atoms with E-state index < -0.39 is 0 Å². The summed E-state index contributed by atoms with van der Waals surface area (Å²) in [5.74, 6) is 0. The molecule has 0 aliphatic heterocycles. The van der Waals surface area contributed by atoms with Crippen LogP contribution in [0, 0.1) is 0 Å². The molecule has 0 bridgehead atoms. The Morgan fingerprint density at radius 1 is 1.04 bits per heavy atom. The molecule has 1 heterocycles. The smallest absolute Gasteiger partial charge is 0.0342 e. The van der Waals surface area contributed by atoms with Crippen molar-refractivity contribution < 1.29 is 0 Å². The van der Waals surface area contributed by atoms with Crippen LogP contribution in [0.4, 0.5) is 0 Å². The van der Waals surface area contributed by atoms with Gasteiger partial charge in [0.2, 0.25) is 0 Å². The zero-order valence-electron chi connectivity index (χ0n) is 16.5. The van der Waals surface area contributed by atoms with Crippen molar-refractivity contribution in [3.05, 3.63) is 94.6 Å². The van der Waals surface area contributed by atoms with Crippen molar-refractivity contribution in [3.63, 3.8) is 0 Å². The van der Waals surface area contributed by atoms with Crippen LogP contribution in [-0.2, 0) is 0 Å². The van der Waals surface area contributed by atoms with Crippen LogP contribution in [-0.4, -0.2) is 0 Å². The van der Waals surface area contributed by atoms with E-state index in [0.29, 0.717) is 0 Å². The fourth-order valence-electron chi connectivity index (χ4n) is 2.42. The Labute approximate surface area is 173 Å². The molecule has 0 unspecified atom stereocenters. The minimum atomic E-state index is 0.785. The Balaban J connectivity index is 0.000000855. The summed E-state index contributed by atoms with van der Waals surface area (Å²) in [4.78, 5) is 2.07. The first-order valence-electron chi connectivity index (χ1n) is 8.88. The number of benzene rings is 2. The van der Waals surface area contributed by atoms with E-state index in [1.165, 1.54) is 21.2 Å². The average Bonchev–Trinajstić information content (AvgIpc) is 3.23. The van der Waals surface area contributed by atoms with Gasteiger partial charge in [0, 0.05) is 4.88 Å². The lowest BCUT2D eigenvalue weighted by Gasteiger charge is -2.03. The van der Waals surface area contributed by atoms with Crippen molar-refractivity contribution in [2.24, 2.45) is 0 Å². The van der Waals surface area contributed by atoms with Gasteiger partial charge in [-0.25, -0.2) is 0 Å². The van der Waals surface area contributed by atoms with E-state index in [0.717, 1.165) is 20.9 Å². The second-order valence-corrected chi connectivity index (χ2v) is 7.04. The first kappa shape index (κ1) is 22.8. The lowest BCUT2D eigenvalue weighted by Crippen LogP contribution is -2.22. The van der Waals surface area contributed by atoms with Crippen LogP contribution in [0.3, 0.4) is 0 Å². The Kier molecular flexibility index (Phi) is 9.63. The first-order chi connectivity index (χ1) is 13.0. The monoisotopic (exact) mass is 392 g/mol. The lowest BCUT2D eigenvalue weighted by molar-refractivity contribution is 1.50. The summed E-state index contributed by atoms with van der Waals surface area (Å²) in [5, 5.41) is 6.69. The van der Waals surface area contributed by atoms with Crippen LogP contribution in [0.5, 0.6) is 0 Å². The van der Waals surface area contributed by atoms with Gasteiger partial charge in [-0.3, -0.25) is 0 Å².